The largest absolute Gasteiger partial charge is 0.485 e. The molecule has 0 fully saturated rings. The SMILES string of the molecule is CC(=O)NN[C@H]1c2cc([N+](=O)[O-])ccc2OC(C)(C)[C@@H]1O. The number of non-ortho nitro benzene ring substituents is 1. The number of rotatable bonds is 3. The average molecular weight is 295 g/mol. The smallest absolute Gasteiger partial charge is 0.270 e. The number of hydrogen-bond acceptors (Lipinski definition) is 6. The average Bonchev–Trinajstić information content (AvgIpc) is 2.38. The summed E-state index contributed by atoms with van der Waals surface area (Å²) in [6.07, 6.45) is -1.00. The molecule has 1 aromatic carbocycles. The first-order valence-electron chi connectivity index (χ1n) is 6.40. The van der Waals surface area contributed by atoms with Gasteiger partial charge in [-0.1, -0.05) is 0 Å². The molecule has 0 saturated carbocycles. The fraction of sp³-hybridized carbons (Fsp3) is 0.462. The van der Waals surface area contributed by atoms with Gasteiger partial charge < -0.3 is 9.84 Å². The zero-order chi connectivity index (χ0) is 15.8. The number of nitrogens with one attached hydrogen (secondary N) is 2. The second kappa shape index (κ2) is 5.30. The lowest BCUT2D eigenvalue weighted by atomic mass is 9.87. The summed E-state index contributed by atoms with van der Waals surface area (Å²) in [5.41, 5.74) is 4.50. The molecule has 0 saturated heterocycles. The first-order chi connectivity index (χ1) is 9.72. The molecular weight excluding hydrogens is 278 g/mol. The van der Waals surface area contributed by atoms with Gasteiger partial charge in [-0.3, -0.25) is 20.3 Å². The molecule has 2 rings (SSSR count). The van der Waals surface area contributed by atoms with Crippen LogP contribution in [-0.2, 0) is 4.79 Å². The topological polar surface area (TPSA) is 114 Å². The van der Waals surface area contributed by atoms with Gasteiger partial charge in [0.2, 0.25) is 5.91 Å². The van der Waals surface area contributed by atoms with Gasteiger partial charge in [-0.25, -0.2) is 5.43 Å². The van der Waals surface area contributed by atoms with Crippen molar-refractivity contribution in [3.8, 4) is 5.75 Å². The molecule has 1 aromatic rings. The van der Waals surface area contributed by atoms with Crippen molar-refractivity contribution in [2.24, 2.45) is 0 Å². The quantitative estimate of drug-likeness (QED) is 0.561. The van der Waals surface area contributed by atoms with Crippen LogP contribution in [0.3, 0.4) is 0 Å². The Morgan fingerprint density at radius 3 is 2.71 bits per heavy atom. The summed E-state index contributed by atoms with van der Waals surface area (Å²) < 4.78 is 5.68. The number of fused-ring (bicyclic) bond motifs is 1. The van der Waals surface area contributed by atoms with Gasteiger partial charge in [0.15, 0.2) is 0 Å². The molecule has 0 radical (unpaired) electrons. The number of nitro benzene ring substituents is 1. The Morgan fingerprint density at radius 1 is 1.48 bits per heavy atom. The van der Waals surface area contributed by atoms with Crippen LogP contribution in [0, 0.1) is 10.1 Å². The monoisotopic (exact) mass is 295 g/mol. The molecule has 8 heteroatoms. The minimum atomic E-state index is -1.00. The molecule has 2 atom stereocenters. The molecule has 0 bridgehead atoms. The van der Waals surface area contributed by atoms with Gasteiger partial charge in [-0.15, -0.1) is 0 Å². The number of hydrazine groups is 1. The molecule has 1 amide bonds. The van der Waals surface area contributed by atoms with Gasteiger partial charge in [-0.05, 0) is 19.9 Å². The van der Waals surface area contributed by atoms with E-state index in [2.05, 4.69) is 10.9 Å². The third-order valence-corrected chi connectivity index (χ3v) is 3.34. The molecule has 21 heavy (non-hydrogen) atoms. The number of carbonyl (C=O) groups excluding carboxylic acids is 1. The van der Waals surface area contributed by atoms with E-state index in [1.165, 1.54) is 25.1 Å². The minimum absolute atomic E-state index is 0.112. The maximum atomic E-state index is 11.0. The van der Waals surface area contributed by atoms with Crippen molar-refractivity contribution in [2.45, 2.75) is 38.5 Å². The van der Waals surface area contributed by atoms with E-state index in [1.807, 2.05) is 0 Å². The van der Waals surface area contributed by atoms with Crippen LogP contribution < -0.4 is 15.6 Å². The Bertz CT molecular complexity index is 587. The first-order valence-corrected chi connectivity index (χ1v) is 6.40. The number of amides is 1. The van der Waals surface area contributed by atoms with Crippen LogP contribution in [0.2, 0.25) is 0 Å². The summed E-state index contributed by atoms with van der Waals surface area (Å²) in [4.78, 5) is 21.4. The number of benzene rings is 1. The van der Waals surface area contributed by atoms with Gasteiger partial charge in [0.05, 0.1) is 11.0 Å². The lowest BCUT2D eigenvalue weighted by molar-refractivity contribution is -0.385. The third kappa shape index (κ3) is 2.96. The Hall–Kier alpha value is -2.19. The van der Waals surface area contributed by atoms with E-state index >= 15 is 0 Å². The molecule has 1 aliphatic rings. The van der Waals surface area contributed by atoms with Crippen molar-refractivity contribution < 1.29 is 19.6 Å². The summed E-state index contributed by atoms with van der Waals surface area (Å²) >= 11 is 0. The normalized spacial score (nSPS) is 22.9. The van der Waals surface area contributed by atoms with E-state index in [-0.39, 0.29) is 11.6 Å². The van der Waals surface area contributed by atoms with Gasteiger partial charge >= 0.3 is 0 Å². The van der Waals surface area contributed by atoms with E-state index in [9.17, 15) is 20.0 Å². The minimum Gasteiger partial charge on any atom is -0.485 e. The molecule has 0 aromatic heterocycles. The summed E-state index contributed by atoms with van der Waals surface area (Å²) in [6, 6.07) is 3.44. The van der Waals surface area contributed by atoms with Crippen LogP contribution in [0.15, 0.2) is 18.2 Å². The van der Waals surface area contributed by atoms with Crippen molar-refractivity contribution in [1.82, 2.24) is 10.9 Å². The molecule has 3 N–H and O–H groups in total. The fourth-order valence-corrected chi connectivity index (χ4v) is 2.24. The first kappa shape index (κ1) is 15.2. The lowest BCUT2D eigenvalue weighted by Crippen LogP contribution is -2.55. The van der Waals surface area contributed by atoms with Crippen LogP contribution in [0.25, 0.3) is 0 Å². The second-order valence-corrected chi connectivity index (χ2v) is 5.43. The maximum Gasteiger partial charge on any atom is 0.270 e. The second-order valence-electron chi connectivity index (χ2n) is 5.43. The highest BCUT2D eigenvalue weighted by atomic mass is 16.6. The van der Waals surface area contributed by atoms with E-state index in [0.29, 0.717) is 11.3 Å². The fourth-order valence-electron chi connectivity index (χ4n) is 2.24. The summed E-state index contributed by atoms with van der Waals surface area (Å²) in [5.74, 6) is 0.0947. The van der Waals surface area contributed by atoms with Crippen molar-refractivity contribution in [3.05, 3.63) is 33.9 Å². The van der Waals surface area contributed by atoms with E-state index < -0.39 is 22.7 Å². The standard InChI is InChI=1S/C13H17N3O5/c1-7(17)14-15-11-9-6-8(16(19)20)4-5-10(9)21-13(2,3)12(11)18/h4-6,11-12,15,18H,1-3H3,(H,14,17)/t11-,12+/m0/s1. The van der Waals surface area contributed by atoms with E-state index in [4.69, 9.17) is 4.74 Å². The van der Waals surface area contributed by atoms with Crippen molar-refractivity contribution in [2.75, 3.05) is 0 Å². The van der Waals surface area contributed by atoms with E-state index in [0.717, 1.165) is 0 Å². The molecule has 0 spiro atoms. The van der Waals surface area contributed by atoms with Crippen molar-refractivity contribution in [3.63, 3.8) is 0 Å². The highest BCUT2D eigenvalue weighted by Gasteiger charge is 2.43. The number of hydrogen-bond donors (Lipinski definition) is 3. The number of carbonyl (C=O) groups is 1. The Labute approximate surface area is 121 Å². The molecule has 8 nitrogen and oxygen atoms in total. The predicted molar refractivity (Wildman–Crippen MR) is 73.5 cm³/mol. The number of aliphatic hydroxyl groups is 1. The molecule has 0 aliphatic carbocycles. The zero-order valence-electron chi connectivity index (χ0n) is 11.9. The molecule has 114 valence electrons. The van der Waals surface area contributed by atoms with Crippen LogP contribution >= 0.6 is 0 Å². The van der Waals surface area contributed by atoms with Gasteiger partial charge in [-0.2, -0.15) is 0 Å². The number of nitro groups is 1. The Kier molecular flexibility index (Phi) is 3.84. The van der Waals surface area contributed by atoms with Crippen LogP contribution in [0.1, 0.15) is 32.4 Å². The maximum absolute atomic E-state index is 11.0. The highest BCUT2D eigenvalue weighted by Crippen LogP contribution is 2.41. The van der Waals surface area contributed by atoms with Gasteiger partial charge in [0.25, 0.3) is 5.69 Å². The Balaban J connectivity index is 2.44. The van der Waals surface area contributed by atoms with Crippen LogP contribution in [0.5, 0.6) is 5.75 Å². The number of nitrogens with zero attached hydrogens (tertiary/aromatic N) is 1. The number of aliphatic hydroxyl groups excluding tert-OH is 1. The summed E-state index contributed by atoms with van der Waals surface area (Å²) in [7, 11) is 0. The van der Waals surface area contributed by atoms with Crippen molar-refractivity contribution in [1.29, 1.82) is 0 Å². The summed E-state index contributed by atoms with van der Waals surface area (Å²) in [6.45, 7) is 4.72. The van der Waals surface area contributed by atoms with Gasteiger partial charge in [0.1, 0.15) is 17.5 Å². The number of ether oxygens (including phenoxy) is 1. The Morgan fingerprint density at radius 2 is 2.14 bits per heavy atom. The zero-order valence-corrected chi connectivity index (χ0v) is 11.9. The van der Waals surface area contributed by atoms with E-state index in [1.54, 1.807) is 13.8 Å². The molecule has 0 unspecified atom stereocenters. The predicted octanol–water partition coefficient (Wildman–Crippen LogP) is 0.808. The van der Waals surface area contributed by atoms with Crippen molar-refractivity contribution >= 4 is 11.6 Å². The highest BCUT2D eigenvalue weighted by molar-refractivity contribution is 5.72. The van der Waals surface area contributed by atoms with Crippen LogP contribution in [-0.4, -0.2) is 27.6 Å². The summed E-state index contributed by atoms with van der Waals surface area (Å²) in [5, 5.41) is 21.3. The molecule has 1 heterocycles. The lowest BCUT2D eigenvalue weighted by Gasteiger charge is -2.42. The molecular formula is C13H17N3O5. The van der Waals surface area contributed by atoms with Gasteiger partial charge in [0, 0.05) is 24.6 Å². The van der Waals surface area contributed by atoms with Crippen LogP contribution in [0.4, 0.5) is 5.69 Å². The molecule has 1 aliphatic heterocycles. The third-order valence-electron chi connectivity index (χ3n) is 3.34.